The number of allylic oxidation sites excluding steroid dienone is 3. The Labute approximate surface area is 115 Å². The smallest absolute Gasteiger partial charge is 0.0109 e. The maximum atomic E-state index is 5.35. The fraction of sp³-hybridized carbons (Fsp3) is 0.765. The summed E-state index contributed by atoms with van der Waals surface area (Å²) >= 11 is 0. The minimum atomic E-state index is 0.641. The van der Waals surface area contributed by atoms with E-state index in [2.05, 4.69) is 19.1 Å². The molecule has 2 N–H and O–H groups in total. The number of nitrogens with two attached hydrogens (primary N) is 1. The maximum absolute atomic E-state index is 5.35. The Morgan fingerprint density at radius 1 is 0.667 bits per heavy atom. The molecule has 0 aromatic heterocycles. The van der Waals surface area contributed by atoms with Crippen LogP contribution >= 0.6 is 0 Å². The van der Waals surface area contributed by atoms with Crippen molar-refractivity contribution < 1.29 is 0 Å². The first kappa shape index (κ1) is 17.4. The van der Waals surface area contributed by atoms with E-state index in [-0.39, 0.29) is 0 Å². The zero-order valence-electron chi connectivity index (χ0n) is 12.4. The molecule has 0 bridgehead atoms. The predicted octanol–water partition coefficient (Wildman–Crippen LogP) is 5.37. The van der Waals surface area contributed by atoms with Crippen LogP contribution in [0.4, 0.5) is 0 Å². The summed E-state index contributed by atoms with van der Waals surface area (Å²) in [5.41, 5.74) is 5.35. The molecule has 18 heavy (non-hydrogen) atoms. The van der Waals surface area contributed by atoms with E-state index < -0.39 is 0 Å². The van der Waals surface area contributed by atoms with Gasteiger partial charge in [-0.15, -0.1) is 0 Å². The van der Waals surface area contributed by atoms with Crippen molar-refractivity contribution in [1.82, 2.24) is 0 Å². The zero-order valence-corrected chi connectivity index (χ0v) is 12.4. The molecule has 0 aliphatic heterocycles. The first-order valence-electron chi connectivity index (χ1n) is 7.93. The van der Waals surface area contributed by atoms with Gasteiger partial charge in [-0.3, -0.25) is 0 Å². The molecule has 0 spiro atoms. The van der Waals surface area contributed by atoms with Crippen molar-refractivity contribution in [2.24, 2.45) is 5.73 Å². The Hall–Kier alpha value is -0.560. The molecule has 0 amide bonds. The highest BCUT2D eigenvalue weighted by Crippen LogP contribution is 2.11. The van der Waals surface area contributed by atoms with Crippen LogP contribution in [0.15, 0.2) is 24.3 Å². The van der Waals surface area contributed by atoms with Crippen LogP contribution in [0, 0.1) is 0 Å². The summed E-state index contributed by atoms with van der Waals surface area (Å²) in [5, 5.41) is 0. The average Bonchev–Trinajstić information content (AvgIpc) is 2.39. The van der Waals surface area contributed by atoms with Gasteiger partial charge in [-0.2, -0.15) is 0 Å². The highest BCUT2D eigenvalue weighted by molar-refractivity contribution is 5.02. The molecule has 0 unspecified atom stereocenters. The van der Waals surface area contributed by atoms with Gasteiger partial charge in [-0.25, -0.2) is 0 Å². The van der Waals surface area contributed by atoms with Gasteiger partial charge in [0.1, 0.15) is 0 Å². The van der Waals surface area contributed by atoms with Crippen molar-refractivity contribution in [2.45, 2.75) is 77.6 Å². The minimum absolute atomic E-state index is 0.641. The highest BCUT2D eigenvalue weighted by Gasteiger charge is 1.91. The first-order chi connectivity index (χ1) is 8.91. The first-order valence-corrected chi connectivity index (χ1v) is 7.93. The third-order valence-corrected chi connectivity index (χ3v) is 3.24. The van der Waals surface area contributed by atoms with Gasteiger partial charge in [-0.1, -0.05) is 89.0 Å². The second-order valence-electron chi connectivity index (χ2n) is 5.06. The predicted molar refractivity (Wildman–Crippen MR) is 83.8 cm³/mol. The Bertz CT molecular complexity index is 194. The fourth-order valence-electron chi connectivity index (χ4n) is 2.08. The van der Waals surface area contributed by atoms with Crippen LogP contribution < -0.4 is 5.73 Å². The monoisotopic (exact) mass is 251 g/mol. The van der Waals surface area contributed by atoms with Crippen molar-refractivity contribution >= 4 is 0 Å². The van der Waals surface area contributed by atoms with Crippen LogP contribution in [0.25, 0.3) is 0 Å². The molecule has 0 radical (unpaired) electrons. The molecule has 1 heteroatoms. The molecule has 1 nitrogen and oxygen atoms in total. The van der Waals surface area contributed by atoms with Crippen LogP contribution in [0.5, 0.6) is 0 Å². The zero-order chi connectivity index (χ0) is 13.3. The van der Waals surface area contributed by atoms with Crippen molar-refractivity contribution in [3.8, 4) is 0 Å². The van der Waals surface area contributed by atoms with Gasteiger partial charge in [0.2, 0.25) is 0 Å². The van der Waals surface area contributed by atoms with Crippen molar-refractivity contribution in [2.75, 3.05) is 6.54 Å². The number of unbranched alkanes of at least 4 members (excludes halogenated alkanes) is 10. The summed E-state index contributed by atoms with van der Waals surface area (Å²) < 4.78 is 0. The van der Waals surface area contributed by atoms with Crippen LogP contribution in [-0.4, -0.2) is 6.54 Å². The lowest BCUT2D eigenvalue weighted by atomic mass is 10.1. The molecule has 106 valence electrons. The summed E-state index contributed by atoms with van der Waals surface area (Å²) in [6.45, 7) is 2.92. The van der Waals surface area contributed by atoms with Crippen LogP contribution in [-0.2, 0) is 0 Å². The largest absolute Gasteiger partial charge is 0.327 e. The summed E-state index contributed by atoms with van der Waals surface area (Å²) in [7, 11) is 0. The van der Waals surface area contributed by atoms with Gasteiger partial charge in [0.05, 0.1) is 0 Å². The normalized spacial score (nSPS) is 11.9. The number of hydrogen-bond acceptors (Lipinski definition) is 1. The van der Waals surface area contributed by atoms with Gasteiger partial charge in [0.15, 0.2) is 0 Å². The topological polar surface area (TPSA) is 26.0 Å². The Balaban J connectivity index is 3.03. The van der Waals surface area contributed by atoms with E-state index in [0.29, 0.717) is 6.54 Å². The van der Waals surface area contributed by atoms with Gasteiger partial charge in [0.25, 0.3) is 0 Å². The van der Waals surface area contributed by atoms with Gasteiger partial charge in [0, 0.05) is 6.54 Å². The molecular formula is C17H33N. The minimum Gasteiger partial charge on any atom is -0.327 e. The van der Waals surface area contributed by atoms with Crippen LogP contribution in [0.1, 0.15) is 77.6 Å². The van der Waals surface area contributed by atoms with Gasteiger partial charge in [-0.05, 0) is 12.8 Å². The quantitative estimate of drug-likeness (QED) is 0.346. The van der Waals surface area contributed by atoms with Crippen molar-refractivity contribution in [1.29, 1.82) is 0 Å². The van der Waals surface area contributed by atoms with E-state index in [1.54, 1.807) is 0 Å². The Morgan fingerprint density at radius 2 is 1.17 bits per heavy atom. The van der Waals surface area contributed by atoms with Gasteiger partial charge < -0.3 is 5.73 Å². The highest BCUT2D eigenvalue weighted by atomic mass is 14.5. The lowest BCUT2D eigenvalue weighted by Crippen LogP contribution is -1.91. The summed E-state index contributed by atoms with van der Waals surface area (Å²) in [6, 6.07) is 0. The molecule has 0 atom stereocenters. The van der Waals surface area contributed by atoms with Crippen LogP contribution in [0.3, 0.4) is 0 Å². The molecule has 0 fully saturated rings. The van der Waals surface area contributed by atoms with E-state index >= 15 is 0 Å². The van der Waals surface area contributed by atoms with Crippen molar-refractivity contribution in [3.05, 3.63) is 24.3 Å². The third kappa shape index (κ3) is 15.4. The second kappa shape index (κ2) is 16.4. The lowest BCUT2D eigenvalue weighted by molar-refractivity contribution is 0.557. The Kier molecular flexibility index (Phi) is 15.9. The maximum Gasteiger partial charge on any atom is 0.0109 e. The van der Waals surface area contributed by atoms with E-state index in [0.717, 1.165) is 0 Å². The van der Waals surface area contributed by atoms with E-state index in [4.69, 9.17) is 5.73 Å². The molecule has 0 aromatic carbocycles. The molecular weight excluding hydrogens is 218 g/mol. The SMILES string of the molecule is CCCCCCCCCCCCC=CC=CCN. The lowest BCUT2D eigenvalue weighted by Gasteiger charge is -2.01. The molecule has 0 aromatic rings. The Morgan fingerprint density at radius 3 is 1.72 bits per heavy atom. The molecule has 0 heterocycles. The molecule has 0 saturated carbocycles. The van der Waals surface area contributed by atoms with Crippen LogP contribution in [0.2, 0.25) is 0 Å². The molecule has 0 aliphatic rings. The average molecular weight is 251 g/mol. The van der Waals surface area contributed by atoms with E-state index in [1.807, 2.05) is 12.2 Å². The standard InChI is InChI=1S/C17H33N/c1-2-3-4-5-6-7-8-9-10-11-12-13-14-15-16-17-18/h13-16H,2-12,17-18H2,1H3. The molecule has 0 rings (SSSR count). The molecule has 0 aliphatic carbocycles. The number of hydrogen-bond donors (Lipinski definition) is 1. The third-order valence-electron chi connectivity index (χ3n) is 3.24. The fourth-order valence-corrected chi connectivity index (χ4v) is 2.08. The summed E-state index contributed by atoms with van der Waals surface area (Å²) in [5.74, 6) is 0. The van der Waals surface area contributed by atoms with Gasteiger partial charge >= 0.3 is 0 Å². The molecule has 0 saturated heterocycles. The summed E-state index contributed by atoms with van der Waals surface area (Å²) in [4.78, 5) is 0. The second-order valence-corrected chi connectivity index (χ2v) is 5.06. The number of rotatable bonds is 13. The summed E-state index contributed by atoms with van der Waals surface area (Å²) in [6.07, 6.45) is 23.7. The van der Waals surface area contributed by atoms with E-state index in [9.17, 15) is 0 Å². The van der Waals surface area contributed by atoms with Crippen molar-refractivity contribution in [3.63, 3.8) is 0 Å². The van der Waals surface area contributed by atoms with E-state index in [1.165, 1.54) is 70.6 Å².